The van der Waals surface area contributed by atoms with Crippen LogP contribution in [0.2, 0.25) is 5.02 Å². The maximum Gasteiger partial charge on any atom is 0.349 e. The molecule has 0 amide bonds. The SMILES string of the molecule is Nc1cccc(CS(=O)(=O)N2CCC(Oc3cccc(-c4sc(C(=O)O)c(OCC(=O)O)c4Cl)c3)CC2)c1. The molecule has 13 heteroatoms. The van der Waals surface area contributed by atoms with Gasteiger partial charge < -0.3 is 25.4 Å². The molecule has 4 N–H and O–H groups in total. The Bertz CT molecular complexity index is 1450. The van der Waals surface area contributed by atoms with Crippen LogP contribution in [0.4, 0.5) is 5.69 Å². The Morgan fingerprint density at radius 1 is 1.11 bits per heavy atom. The third-order valence-corrected chi connectivity index (χ3v) is 9.37. The lowest BCUT2D eigenvalue weighted by molar-refractivity contribution is -0.139. The van der Waals surface area contributed by atoms with Crippen LogP contribution < -0.4 is 15.2 Å². The number of ether oxygens (including phenoxy) is 2. The number of carboxylic acids is 2. The Morgan fingerprint density at radius 2 is 1.82 bits per heavy atom. The van der Waals surface area contributed by atoms with Gasteiger partial charge >= 0.3 is 11.9 Å². The molecule has 0 unspecified atom stereocenters. The molecule has 0 radical (unpaired) electrons. The van der Waals surface area contributed by atoms with E-state index in [9.17, 15) is 23.1 Å². The van der Waals surface area contributed by atoms with Gasteiger partial charge in [-0.3, -0.25) is 0 Å². The number of anilines is 1. The van der Waals surface area contributed by atoms with Gasteiger partial charge in [0.15, 0.2) is 17.2 Å². The molecule has 1 aromatic heterocycles. The Balaban J connectivity index is 1.43. The lowest BCUT2D eigenvalue weighted by Crippen LogP contribution is -2.42. The van der Waals surface area contributed by atoms with Crippen molar-refractivity contribution in [3.05, 3.63) is 64.0 Å². The first-order valence-electron chi connectivity index (χ1n) is 11.5. The molecule has 1 saturated heterocycles. The van der Waals surface area contributed by atoms with Crippen LogP contribution in [0.1, 0.15) is 28.1 Å². The van der Waals surface area contributed by atoms with Gasteiger partial charge in [-0.05, 0) is 48.2 Å². The van der Waals surface area contributed by atoms with Gasteiger partial charge in [-0.2, -0.15) is 0 Å². The highest BCUT2D eigenvalue weighted by Gasteiger charge is 2.29. The number of carbonyl (C=O) groups is 2. The van der Waals surface area contributed by atoms with Crippen molar-refractivity contribution < 1.29 is 37.7 Å². The topological polar surface area (TPSA) is 156 Å². The number of benzene rings is 2. The highest BCUT2D eigenvalue weighted by Crippen LogP contribution is 2.46. The number of nitrogens with zero attached hydrogens (tertiary/aromatic N) is 1. The fourth-order valence-electron chi connectivity index (χ4n) is 4.10. The van der Waals surface area contributed by atoms with Crippen LogP contribution in [-0.2, 0) is 20.6 Å². The van der Waals surface area contributed by atoms with Gasteiger partial charge in [-0.15, -0.1) is 11.3 Å². The highest BCUT2D eigenvalue weighted by molar-refractivity contribution is 7.88. The van der Waals surface area contributed by atoms with Crippen molar-refractivity contribution in [3.63, 3.8) is 0 Å². The van der Waals surface area contributed by atoms with Crippen molar-refractivity contribution >= 4 is 50.6 Å². The number of rotatable bonds is 10. The standard InChI is InChI=1S/C25H25ClN2O8S2/c26-21-22(35-13-20(29)30)24(25(31)32)37-23(21)16-4-2-6-19(12-16)36-18-7-9-28(10-8-18)38(33,34)14-15-3-1-5-17(27)11-15/h1-6,11-12,18H,7-10,13-14,27H2,(H,29,30)(H,31,32). The first-order chi connectivity index (χ1) is 18.0. The molecule has 38 heavy (non-hydrogen) atoms. The van der Waals surface area contributed by atoms with Crippen molar-refractivity contribution in [2.24, 2.45) is 0 Å². The summed E-state index contributed by atoms with van der Waals surface area (Å²) < 4.78 is 38.5. The van der Waals surface area contributed by atoms with E-state index >= 15 is 0 Å². The lowest BCUT2D eigenvalue weighted by atomic mass is 10.1. The molecule has 1 fully saturated rings. The lowest BCUT2D eigenvalue weighted by Gasteiger charge is -2.31. The predicted octanol–water partition coefficient (Wildman–Crippen LogP) is 4.19. The minimum absolute atomic E-state index is 0.00415. The van der Waals surface area contributed by atoms with Crippen molar-refractivity contribution in [1.29, 1.82) is 0 Å². The number of hydrogen-bond donors (Lipinski definition) is 3. The number of carboxylic acid groups (broad SMARTS) is 2. The number of thiophene rings is 1. The Labute approximate surface area is 228 Å². The summed E-state index contributed by atoms with van der Waals surface area (Å²) in [5.74, 6) is -2.35. The molecule has 1 aliphatic rings. The van der Waals surface area contributed by atoms with Crippen LogP contribution in [-0.4, -0.2) is 60.7 Å². The van der Waals surface area contributed by atoms with Crippen LogP contribution in [0.3, 0.4) is 0 Å². The summed E-state index contributed by atoms with van der Waals surface area (Å²) in [5, 5.41) is 18.4. The zero-order valence-electron chi connectivity index (χ0n) is 20.0. The number of sulfonamides is 1. The average molecular weight is 581 g/mol. The summed E-state index contributed by atoms with van der Waals surface area (Å²) in [5.41, 5.74) is 7.49. The Hall–Kier alpha value is -3.32. The van der Waals surface area contributed by atoms with E-state index in [-0.39, 0.29) is 27.5 Å². The van der Waals surface area contributed by atoms with Crippen molar-refractivity contribution in [2.75, 3.05) is 25.4 Å². The second-order valence-corrected chi connectivity index (χ2v) is 12.0. The van der Waals surface area contributed by atoms with E-state index in [4.69, 9.17) is 31.9 Å². The molecule has 2 aromatic carbocycles. The molecule has 202 valence electrons. The monoisotopic (exact) mass is 580 g/mol. The second-order valence-electron chi connectivity index (χ2n) is 8.64. The zero-order chi connectivity index (χ0) is 27.4. The van der Waals surface area contributed by atoms with Crippen molar-refractivity contribution in [3.8, 4) is 21.9 Å². The number of nitrogen functional groups attached to an aromatic ring is 1. The number of aliphatic carboxylic acids is 1. The fourth-order valence-corrected chi connectivity index (χ4v) is 7.05. The molecule has 0 aliphatic carbocycles. The minimum atomic E-state index is -3.50. The predicted molar refractivity (Wildman–Crippen MR) is 144 cm³/mol. The number of aromatic carboxylic acids is 1. The van der Waals surface area contributed by atoms with Crippen LogP contribution >= 0.6 is 22.9 Å². The highest BCUT2D eigenvalue weighted by atomic mass is 35.5. The van der Waals surface area contributed by atoms with Crippen molar-refractivity contribution in [1.82, 2.24) is 4.31 Å². The van der Waals surface area contributed by atoms with Crippen LogP contribution in [0.5, 0.6) is 11.5 Å². The molecule has 4 rings (SSSR count). The number of halogens is 1. The number of nitrogens with two attached hydrogens (primary N) is 1. The van der Waals surface area contributed by atoms with E-state index in [1.807, 2.05) is 0 Å². The maximum absolute atomic E-state index is 12.9. The smallest absolute Gasteiger partial charge is 0.349 e. The van der Waals surface area contributed by atoms with Gasteiger partial charge in [0.1, 0.15) is 16.9 Å². The first-order valence-corrected chi connectivity index (χ1v) is 14.3. The van der Waals surface area contributed by atoms with Crippen LogP contribution in [0, 0.1) is 0 Å². The first kappa shape index (κ1) is 27.7. The van der Waals surface area contributed by atoms with Crippen LogP contribution in [0.15, 0.2) is 48.5 Å². The van der Waals surface area contributed by atoms with Gasteiger partial charge in [0.05, 0.1) is 10.6 Å². The number of hydrogen-bond acceptors (Lipinski definition) is 8. The quantitative estimate of drug-likeness (QED) is 0.299. The van der Waals surface area contributed by atoms with Gasteiger partial charge in [0.25, 0.3) is 0 Å². The molecule has 1 aliphatic heterocycles. The summed E-state index contributed by atoms with van der Waals surface area (Å²) in [6.45, 7) is -0.0941. The Kier molecular flexibility index (Phi) is 8.46. The third-order valence-electron chi connectivity index (χ3n) is 5.84. The maximum atomic E-state index is 12.9. The molecule has 0 spiro atoms. The van der Waals surface area contributed by atoms with Crippen molar-refractivity contribution in [2.45, 2.75) is 24.7 Å². The van der Waals surface area contributed by atoms with Gasteiger partial charge in [0, 0.05) is 18.8 Å². The summed E-state index contributed by atoms with van der Waals surface area (Å²) in [7, 11) is -3.50. The fraction of sp³-hybridized carbons (Fsp3) is 0.280. The second kappa shape index (κ2) is 11.6. The van der Waals surface area contributed by atoms with E-state index in [0.717, 1.165) is 11.3 Å². The summed E-state index contributed by atoms with van der Waals surface area (Å²) in [6, 6.07) is 13.7. The van der Waals surface area contributed by atoms with E-state index in [1.54, 1.807) is 48.5 Å². The number of piperidine rings is 1. The van der Waals surface area contributed by atoms with E-state index in [2.05, 4.69) is 0 Å². The molecule has 0 bridgehead atoms. The van der Waals surface area contributed by atoms with E-state index in [0.29, 0.717) is 53.4 Å². The summed E-state index contributed by atoms with van der Waals surface area (Å²) in [6.07, 6.45) is 0.777. The van der Waals surface area contributed by atoms with Crippen LogP contribution in [0.25, 0.3) is 10.4 Å². The van der Waals surface area contributed by atoms with Gasteiger partial charge in [-0.1, -0.05) is 35.9 Å². The average Bonchev–Trinajstić information content (AvgIpc) is 3.19. The summed E-state index contributed by atoms with van der Waals surface area (Å²) >= 11 is 7.25. The largest absolute Gasteiger partial charge is 0.490 e. The normalized spacial score (nSPS) is 14.8. The Morgan fingerprint density at radius 3 is 2.47 bits per heavy atom. The molecule has 0 atom stereocenters. The van der Waals surface area contributed by atoms with E-state index in [1.165, 1.54) is 4.31 Å². The summed E-state index contributed by atoms with van der Waals surface area (Å²) in [4.78, 5) is 22.7. The third kappa shape index (κ3) is 6.57. The molecule has 2 heterocycles. The zero-order valence-corrected chi connectivity index (χ0v) is 22.4. The van der Waals surface area contributed by atoms with Gasteiger partial charge in [0.2, 0.25) is 10.0 Å². The molecule has 3 aromatic rings. The molecule has 10 nitrogen and oxygen atoms in total. The molecular weight excluding hydrogens is 556 g/mol. The van der Waals surface area contributed by atoms with Gasteiger partial charge in [-0.25, -0.2) is 22.3 Å². The van der Waals surface area contributed by atoms with E-state index < -0.39 is 28.6 Å². The molecule has 0 saturated carbocycles. The molecular formula is C25H25ClN2O8S2. The minimum Gasteiger partial charge on any atom is -0.490 e.